The molecule has 0 atom stereocenters. The molecule has 0 spiro atoms. The summed E-state index contributed by atoms with van der Waals surface area (Å²) in [6.45, 7) is 0. The van der Waals surface area contributed by atoms with Crippen LogP contribution >= 0.6 is 0 Å². The standard InChI is InChI=1S/C21H21N3O5/c1-23-15-8-7-14(12-16(15)24(2)21(27)20(23)26)22-19(25)10-6-13-5-9-17(28-3)18(11-13)29-4/h5-12H,1-4H3,(H,22,25)/b10-6+. The van der Waals surface area contributed by atoms with Gasteiger partial charge in [-0.15, -0.1) is 0 Å². The smallest absolute Gasteiger partial charge is 0.316 e. The topological polar surface area (TPSA) is 91.6 Å². The van der Waals surface area contributed by atoms with Gasteiger partial charge in [0.25, 0.3) is 0 Å². The number of hydrogen-bond acceptors (Lipinski definition) is 5. The van der Waals surface area contributed by atoms with Crippen molar-refractivity contribution in [2.24, 2.45) is 14.1 Å². The van der Waals surface area contributed by atoms with Crippen molar-refractivity contribution < 1.29 is 14.3 Å². The van der Waals surface area contributed by atoms with Gasteiger partial charge in [0.1, 0.15) is 0 Å². The first-order valence-corrected chi connectivity index (χ1v) is 8.76. The molecule has 1 amide bonds. The first-order chi connectivity index (χ1) is 13.8. The zero-order valence-electron chi connectivity index (χ0n) is 16.6. The second-order valence-electron chi connectivity index (χ2n) is 6.37. The van der Waals surface area contributed by atoms with Crippen molar-refractivity contribution in [3.63, 3.8) is 0 Å². The Morgan fingerprint density at radius 2 is 1.55 bits per heavy atom. The number of aryl methyl sites for hydroxylation is 2. The van der Waals surface area contributed by atoms with E-state index in [2.05, 4.69) is 5.32 Å². The van der Waals surface area contributed by atoms with Gasteiger partial charge < -0.3 is 23.9 Å². The van der Waals surface area contributed by atoms with Crippen molar-refractivity contribution in [3.05, 3.63) is 68.7 Å². The number of nitrogens with one attached hydrogen (secondary N) is 1. The minimum atomic E-state index is -0.628. The first kappa shape index (κ1) is 19.9. The van der Waals surface area contributed by atoms with E-state index < -0.39 is 11.1 Å². The molecule has 2 aromatic carbocycles. The highest BCUT2D eigenvalue weighted by Gasteiger charge is 2.09. The number of carbonyl (C=O) groups excluding carboxylic acids is 1. The molecule has 0 fully saturated rings. The summed E-state index contributed by atoms with van der Waals surface area (Å²) >= 11 is 0. The van der Waals surface area contributed by atoms with Crippen LogP contribution in [0.1, 0.15) is 5.56 Å². The highest BCUT2D eigenvalue weighted by atomic mass is 16.5. The van der Waals surface area contributed by atoms with Crippen LogP contribution in [0, 0.1) is 0 Å². The van der Waals surface area contributed by atoms with Gasteiger partial charge >= 0.3 is 11.1 Å². The highest BCUT2D eigenvalue weighted by Crippen LogP contribution is 2.28. The lowest BCUT2D eigenvalue weighted by molar-refractivity contribution is -0.111. The maximum Gasteiger partial charge on any atom is 0.316 e. The summed E-state index contributed by atoms with van der Waals surface area (Å²) in [5, 5.41) is 2.75. The van der Waals surface area contributed by atoms with E-state index in [-0.39, 0.29) is 5.91 Å². The molecule has 1 aromatic heterocycles. The van der Waals surface area contributed by atoms with Crippen molar-refractivity contribution in [3.8, 4) is 11.5 Å². The average Bonchev–Trinajstić information content (AvgIpc) is 2.74. The molecule has 0 saturated heterocycles. The summed E-state index contributed by atoms with van der Waals surface area (Å²) in [6.07, 6.45) is 3.04. The summed E-state index contributed by atoms with van der Waals surface area (Å²) < 4.78 is 13.0. The van der Waals surface area contributed by atoms with Gasteiger partial charge in [0, 0.05) is 25.9 Å². The van der Waals surface area contributed by atoms with E-state index in [4.69, 9.17) is 9.47 Å². The quantitative estimate of drug-likeness (QED) is 0.526. The molecule has 1 heterocycles. The van der Waals surface area contributed by atoms with Crippen molar-refractivity contribution in [2.75, 3.05) is 19.5 Å². The van der Waals surface area contributed by atoms with Crippen LogP contribution in [0.25, 0.3) is 17.1 Å². The highest BCUT2D eigenvalue weighted by molar-refractivity contribution is 6.02. The Kier molecular flexibility index (Phi) is 5.54. The van der Waals surface area contributed by atoms with Crippen LogP contribution in [-0.4, -0.2) is 29.3 Å². The number of rotatable bonds is 5. The lowest BCUT2D eigenvalue weighted by Gasteiger charge is -2.10. The maximum atomic E-state index is 12.3. The molecule has 3 aromatic rings. The summed E-state index contributed by atoms with van der Waals surface area (Å²) in [4.78, 5) is 36.2. The van der Waals surface area contributed by atoms with Gasteiger partial charge in [-0.25, -0.2) is 0 Å². The average molecular weight is 395 g/mol. The fraction of sp³-hybridized carbons (Fsp3) is 0.190. The number of methoxy groups -OCH3 is 2. The van der Waals surface area contributed by atoms with Crippen molar-refractivity contribution in [2.45, 2.75) is 0 Å². The predicted molar refractivity (Wildman–Crippen MR) is 112 cm³/mol. The van der Waals surface area contributed by atoms with Crippen LogP contribution in [-0.2, 0) is 18.9 Å². The Bertz CT molecular complexity index is 1240. The van der Waals surface area contributed by atoms with Gasteiger partial charge in [0.15, 0.2) is 11.5 Å². The fourth-order valence-corrected chi connectivity index (χ4v) is 2.97. The number of amides is 1. The number of carbonyl (C=O) groups is 1. The van der Waals surface area contributed by atoms with Gasteiger partial charge in [-0.1, -0.05) is 6.07 Å². The molecule has 150 valence electrons. The molecule has 0 saturated carbocycles. The Labute approximate surface area is 166 Å². The molecular weight excluding hydrogens is 374 g/mol. The number of fused-ring (bicyclic) bond motifs is 1. The molecule has 29 heavy (non-hydrogen) atoms. The van der Waals surface area contributed by atoms with E-state index in [9.17, 15) is 14.4 Å². The number of hydrogen-bond donors (Lipinski definition) is 1. The zero-order chi connectivity index (χ0) is 21.1. The molecule has 0 bridgehead atoms. The van der Waals surface area contributed by atoms with Crippen LogP contribution in [0.3, 0.4) is 0 Å². The third-order valence-electron chi connectivity index (χ3n) is 4.59. The molecule has 0 aliphatic rings. The van der Waals surface area contributed by atoms with Gasteiger partial charge in [-0.05, 0) is 42.0 Å². The Morgan fingerprint density at radius 3 is 2.21 bits per heavy atom. The number of nitrogens with zero attached hydrogens (tertiary/aromatic N) is 2. The van der Waals surface area contributed by atoms with E-state index >= 15 is 0 Å². The molecule has 0 unspecified atom stereocenters. The summed E-state index contributed by atoms with van der Waals surface area (Å²) in [7, 11) is 6.16. The first-order valence-electron chi connectivity index (χ1n) is 8.76. The third-order valence-corrected chi connectivity index (χ3v) is 4.59. The predicted octanol–water partition coefficient (Wildman–Crippen LogP) is 1.91. The van der Waals surface area contributed by atoms with Crippen LogP contribution in [0.4, 0.5) is 5.69 Å². The minimum Gasteiger partial charge on any atom is -0.493 e. The van der Waals surface area contributed by atoms with Crippen LogP contribution in [0.15, 0.2) is 52.1 Å². The number of benzene rings is 2. The van der Waals surface area contributed by atoms with E-state index in [0.717, 1.165) is 5.56 Å². The van der Waals surface area contributed by atoms with E-state index in [1.807, 2.05) is 0 Å². The molecular formula is C21H21N3O5. The molecule has 3 rings (SSSR count). The second-order valence-corrected chi connectivity index (χ2v) is 6.37. The zero-order valence-corrected chi connectivity index (χ0v) is 16.6. The lowest BCUT2D eigenvalue weighted by atomic mass is 10.2. The van der Waals surface area contributed by atoms with Gasteiger partial charge in [0.2, 0.25) is 5.91 Å². The minimum absolute atomic E-state index is 0.339. The van der Waals surface area contributed by atoms with Crippen molar-refractivity contribution in [1.82, 2.24) is 9.13 Å². The molecule has 1 N–H and O–H groups in total. The lowest BCUT2D eigenvalue weighted by Crippen LogP contribution is -2.39. The summed E-state index contributed by atoms with van der Waals surface area (Å²) in [6, 6.07) is 10.3. The number of anilines is 1. The summed E-state index contributed by atoms with van der Waals surface area (Å²) in [5.41, 5.74) is 1.18. The molecule has 0 aliphatic carbocycles. The SMILES string of the molecule is COc1ccc(/C=C/C(=O)Nc2ccc3c(c2)n(C)c(=O)c(=O)n3C)cc1OC. The van der Waals surface area contributed by atoms with Gasteiger partial charge in [-0.2, -0.15) is 0 Å². The number of aromatic nitrogens is 2. The van der Waals surface area contributed by atoms with Gasteiger partial charge in [0.05, 0.1) is 25.3 Å². The van der Waals surface area contributed by atoms with Crippen LogP contribution in [0.2, 0.25) is 0 Å². The molecule has 0 radical (unpaired) electrons. The second kappa shape index (κ2) is 8.05. The maximum absolute atomic E-state index is 12.3. The summed E-state index contributed by atoms with van der Waals surface area (Å²) in [5.74, 6) is 0.829. The molecule has 0 aliphatic heterocycles. The van der Waals surface area contributed by atoms with E-state index in [1.165, 1.54) is 29.3 Å². The third kappa shape index (κ3) is 3.91. The Balaban J connectivity index is 1.84. The largest absolute Gasteiger partial charge is 0.493 e. The van der Waals surface area contributed by atoms with Crippen LogP contribution < -0.4 is 25.9 Å². The van der Waals surface area contributed by atoms with Gasteiger partial charge in [-0.3, -0.25) is 14.4 Å². The van der Waals surface area contributed by atoms with Crippen molar-refractivity contribution in [1.29, 1.82) is 0 Å². The van der Waals surface area contributed by atoms with Crippen molar-refractivity contribution >= 4 is 28.7 Å². The van der Waals surface area contributed by atoms with Crippen LogP contribution in [0.5, 0.6) is 11.5 Å². The Hall–Kier alpha value is -3.81. The fourth-order valence-electron chi connectivity index (χ4n) is 2.97. The normalized spacial score (nSPS) is 11.0. The molecule has 8 heteroatoms. The van der Waals surface area contributed by atoms with E-state index in [1.54, 1.807) is 56.7 Å². The van der Waals surface area contributed by atoms with E-state index in [0.29, 0.717) is 28.2 Å². The Morgan fingerprint density at radius 1 is 0.897 bits per heavy atom. The number of ether oxygens (including phenoxy) is 2. The monoisotopic (exact) mass is 395 g/mol. The molecule has 8 nitrogen and oxygen atoms in total.